The summed E-state index contributed by atoms with van der Waals surface area (Å²) in [6.45, 7) is 0. The molecule has 0 spiro atoms. The van der Waals surface area contributed by atoms with E-state index in [1.165, 1.54) is 47.4 Å². The van der Waals surface area contributed by atoms with Crippen LogP contribution in [-0.2, 0) is 4.79 Å². The van der Waals surface area contributed by atoms with Gasteiger partial charge >= 0.3 is 0 Å². The number of rotatable bonds is 9. The van der Waals surface area contributed by atoms with Crippen molar-refractivity contribution in [3.63, 3.8) is 0 Å². The Morgan fingerprint density at radius 1 is 0.878 bits per heavy atom. The molecule has 5 rings (SSSR count). The van der Waals surface area contributed by atoms with Gasteiger partial charge in [0.15, 0.2) is 5.13 Å². The largest absolute Gasteiger partial charge is 0.322 e. The second-order valence-electron chi connectivity index (χ2n) is 8.73. The molecule has 0 aliphatic carbocycles. The van der Waals surface area contributed by atoms with E-state index >= 15 is 0 Å². The van der Waals surface area contributed by atoms with Gasteiger partial charge in [-0.3, -0.25) is 19.7 Å². The van der Waals surface area contributed by atoms with Gasteiger partial charge in [0.1, 0.15) is 5.25 Å². The number of aromatic nitrogens is 1. The lowest BCUT2D eigenvalue weighted by Crippen LogP contribution is -2.19. The van der Waals surface area contributed by atoms with Gasteiger partial charge in [-0.1, -0.05) is 54.1 Å². The van der Waals surface area contributed by atoms with Gasteiger partial charge < -0.3 is 10.6 Å². The van der Waals surface area contributed by atoms with Crippen LogP contribution in [-0.4, -0.2) is 21.7 Å². The van der Waals surface area contributed by atoms with Crippen molar-refractivity contribution in [3.8, 4) is 11.3 Å². The van der Waals surface area contributed by atoms with Crippen LogP contribution in [0.5, 0.6) is 0 Å². The lowest BCUT2D eigenvalue weighted by atomic mass is 10.1. The van der Waals surface area contributed by atoms with E-state index in [1.807, 2.05) is 60.0 Å². The molecule has 0 bridgehead atoms. The summed E-state index contributed by atoms with van der Waals surface area (Å²) in [6.07, 6.45) is 0. The van der Waals surface area contributed by atoms with E-state index in [0.29, 0.717) is 21.4 Å². The monoisotopic (exact) mass is 600 g/mol. The zero-order valence-corrected chi connectivity index (χ0v) is 23.6. The van der Waals surface area contributed by atoms with Gasteiger partial charge in [0.05, 0.1) is 10.6 Å². The van der Waals surface area contributed by atoms with E-state index in [2.05, 4.69) is 15.6 Å². The first-order chi connectivity index (χ1) is 19.9. The topological polar surface area (TPSA) is 114 Å². The van der Waals surface area contributed by atoms with Crippen LogP contribution in [0.25, 0.3) is 11.3 Å². The number of hydrogen-bond acceptors (Lipinski definition) is 7. The second-order valence-corrected chi connectivity index (χ2v) is 11.2. The first kappa shape index (κ1) is 28.0. The molecule has 4 aromatic carbocycles. The number of thiazole rings is 1. The number of halogens is 1. The van der Waals surface area contributed by atoms with E-state index in [1.54, 1.807) is 24.3 Å². The summed E-state index contributed by atoms with van der Waals surface area (Å²) in [5, 5.41) is 19.0. The maximum absolute atomic E-state index is 13.5. The Bertz CT molecular complexity index is 1680. The Hall–Kier alpha value is -4.51. The molecule has 0 saturated carbocycles. The summed E-state index contributed by atoms with van der Waals surface area (Å²) < 4.78 is 0. The van der Waals surface area contributed by atoms with E-state index in [0.717, 1.165) is 21.7 Å². The van der Waals surface area contributed by atoms with Gasteiger partial charge in [0.2, 0.25) is 5.91 Å². The van der Waals surface area contributed by atoms with Gasteiger partial charge in [-0.2, -0.15) is 0 Å². The Labute approximate surface area is 248 Å². The van der Waals surface area contributed by atoms with Crippen molar-refractivity contribution in [2.24, 2.45) is 0 Å². The first-order valence-electron chi connectivity index (χ1n) is 12.3. The number of hydrogen-bond donors (Lipinski definition) is 2. The fourth-order valence-electron chi connectivity index (χ4n) is 3.85. The standard InChI is InChI=1S/C30H21ClN4O4S2/c31-22-10-6-19(7-11-22)26-18-40-30(33-26)34-29(37)27(20-4-2-1-3-5-20)41-25-16-12-23(13-17-25)32-28(36)21-8-14-24(15-9-21)35(38)39/h1-18,27H,(H,32,36)(H,33,34,37). The number of nitrogens with zero attached hydrogens (tertiary/aromatic N) is 2. The lowest BCUT2D eigenvalue weighted by Gasteiger charge is -2.16. The first-order valence-corrected chi connectivity index (χ1v) is 14.4. The molecule has 1 unspecified atom stereocenters. The molecule has 1 aromatic heterocycles. The maximum Gasteiger partial charge on any atom is 0.269 e. The number of nitro benzene ring substituents is 1. The van der Waals surface area contributed by atoms with Crippen molar-refractivity contribution in [2.75, 3.05) is 10.6 Å². The van der Waals surface area contributed by atoms with Gasteiger partial charge in [0, 0.05) is 44.2 Å². The van der Waals surface area contributed by atoms with Crippen molar-refractivity contribution < 1.29 is 14.5 Å². The summed E-state index contributed by atoms with van der Waals surface area (Å²) in [6, 6.07) is 29.3. The van der Waals surface area contributed by atoms with E-state index < -0.39 is 10.2 Å². The number of amides is 2. The van der Waals surface area contributed by atoms with Crippen molar-refractivity contribution >= 4 is 63.0 Å². The Morgan fingerprint density at radius 2 is 1.56 bits per heavy atom. The van der Waals surface area contributed by atoms with Crippen LogP contribution in [0.15, 0.2) is 113 Å². The van der Waals surface area contributed by atoms with Crippen LogP contribution in [0.2, 0.25) is 5.02 Å². The number of carbonyl (C=O) groups excluding carboxylic acids is 2. The zero-order valence-electron chi connectivity index (χ0n) is 21.2. The minimum Gasteiger partial charge on any atom is -0.322 e. The van der Waals surface area contributed by atoms with E-state index in [9.17, 15) is 19.7 Å². The fraction of sp³-hybridized carbons (Fsp3) is 0.0333. The summed E-state index contributed by atoms with van der Waals surface area (Å²) in [7, 11) is 0. The molecular weight excluding hydrogens is 580 g/mol. The molecule has 2 N–H and O–H groups in total. The summed E-state index contributed by atoms with van der Waals surface area (Å²) >= 11 is 8.71. The van der Waals surface area contributed by atoms with Gasteiger partial charge in [-0.25, -0.2) is 4.98 Å². The van der Waals surface area contributed by atoms with Crippen LogP contribution >= 0.6 is 34.7 Å². The molecule has 1 heterocycles. The highest BCUT2D eigenvalue weighted by Crippen LogP contribution is 2.37. The Balaban J connectivity index is 1.27. The van der Waals surface area contributed by atoms with Crippen LogP contribution in [0.4, 0.5) is 16.5 Å². The molecule has 0 saturated heterocycles. The highest BCUT2D eigenvalue weighted by molar-refractivity contribution is 8.00. The highest BCUT2D eigenvalue weighted by Gasteiger charge is 2.23. The molecule has 0 aliphatic rings. The molecule has 0 radical (unpaired) electrons. The third kappa shape index (κ3) is 7.17. The number of thioether (sulfide) groups is 1. The molecule has 0 fully saturated rings. The highest BCUT2D eigenvalue weighted by atomic mass is 35.5. The van der Waals surface area contributed by atoms with Crippen LogP contribution < -0.4 is 10.6 Å². The molecular formula is C30H21ClN4O4S2. The van der Waals surface area contributed by atoms with Crippen LogP contribution in [0.3, 0.4) is 0 Å². The van der Waals surface area contributed by atoms with E-state index in [-0.39, 0.29) is 17.5 Å². The number of nitro groups is 1. The second kappa shape index (κ2) is 12.8. The maximum atomic E-state index is 13.5. The number of carbonyl (C=O) groups is 2. The molecule has 41 heavy (non-hydrogen) atoms. The van der Waals surface area contributed by atoms with Crippen molar-refractivity contribution in [2.45, 2.75) is 10.1 Å². The Morgan fingerprint density at radius 3 is 2.22 bits per heavy atom. The summed E-state index contributed by atoms with van der Waals surface area (Å²) in [4.78, 5) is 41.7. The fourth-order valence-corrected chi connectivity index (χ4v) is 5.72. The number of nitrogens with one attached hydrogen (secondary N) is 2. The minimum absolute atomic E-state index is 0.0863. The predicted molar refractivity (Wildman–Crippen MR) is 164 cm³/mol. The number of non-ortho nitro benzene ring substituents is 1. The molecule has 11 heteroatoms. The molecule has 2 amide bonds. The van der Waals surface area contributed by atoms with Crippen molar-refractivity contribution in [3.05, 3.63) is 135 Å². The van der Waals surface area contributed by atoms with E-state index in [4.69, 9.17) is 11.6 Å². The van der Waals surface area contributed by atoms with Crippen LogP contribution in [0, 0.1) is 10.1 Å². The normalized spacial score (nSPS) is 11.4. The molecule has 204 valence electrons. The van der Waals surface area contributed by atoms with Gasteiger partial charge in [0.25, 0.3) is 11.6 Å². The number of benzene rings is 4. The Kier molecular flexibility index (Phi) is 8.73. The van der Waals surface area contributed by atoms with Gasteiger partial charge in [-0.15, -0.1) is 23.1 Å². The third-order valence-electron chi connectivity index (χ3n) is 5.92. The SMILES string of the molecule is O=C(Nc1ccc(SC(C(=O)Nc2nc(-c3ccc(Cl)cc3)cs2)c2ccccc2)cc1)c1ccc([N+](=O)[O-])cc1. The summed E-state index contributed by atoms with van der Waals surface area (Å²) in [5.74, 6) is -0.600. The zero-order chi connectivity index (χ0) is 28.8. The predicted octanol–water partition coefficient (Wildman–Crippen LogP) is 8.10. The molecule has 8 nitrogen and oxygen atoms in total. The minimum atomic E-state index is -0.556. The van der Waals surface area contributed by atoms with Crippen molar-refractivity contribution in [1.82, 2.24) is 4.98 Å². The quantitative estimate of drug-likeness (QED) is 0.100. The average Bonchev–Trinajstić information content (AvgIpc) is 3.46. The molecule has 5 aromatic rings. The third-order valence-corrected chi connectivity index (χ3v) is 8.20. The van der Waals surface area contributed by atoms with Crippen LogP contribution in [0.1, 0.15) is 21.2 Å². The van der Waals surface area contributed by atoms with Crippen molar-refractivity contribution in [1.29, 1.82) is 0 Å². The lowest BCUT2D eigenvalue weighted by molar-refractivity contribution is -0.384. The number of anilines is 2. The molecule has 0 aliphatic heterocycles. The average molecular weight is 601 g/mol. The molecule has 1 atom stereocenters. The van der Waals surface area contributed by atoms with Gasteiger partial charge in [-0.05, 0) is 54.1 Å². The summed E-state index contributed by atoms with van der Waals surface area (Å²) in [5.41, 5.74) is 3.25. The smallest absolute Gasteiger partial charge is 0.269 e.